The number of rotatable bonds is 4. The summed E-state index contributed by atoms with van der Waals surface area (Å²) in [6.07, 6.45) is 2.74. The molecular formula is C18H24ClN3O2. The van der Waals surface area contributed by atoms with E-state index in [2.05, 4.69) is 10.2 Å². The molecule has 0 aromatic heterocycles. The van der Waals surface area contributed by atoms with Crippen molar-refractivity contribution in [3.05, 3.63) is 29.3 Å². The highest BCUT2D eigenvalue weighted by Crippen LogP contribution is 2.25. The van der Waals surface area contributed by atoms with Crippen molar-refractivity contribution in [3.63, 3.8) is 0 Å². The van der Waals surface area contributed by atoms with E-state index in [0.29, 0.717) is 19.0 Å². The smallest absolute Gasteiger partial charge is 0.242 e. The fourth-order valence-corrected chi connectivity index (χ4v) is 3.79. The zero-order valence-electron chi connectivity index (χ0n) is 14.0. The lowest BCUT2D eigenvalue weighted by atomic mass is 10.1. The van der Waals surface area contributed by atoms with Gasteiger partial charge in [-0.25, -0.2) is 0 Å². The first-order valence-electron chi connectivity index (χ1n) is 8.60. The number of hydrogen-bond acceptors (Lipinski definition) is 3. The molecule has 2 aliphatic heterocycles. The van der Waals surface area contributed by atoms with Crippen LogP contribution in [0.15, 0.2) is 24.3 Å². The van der Waals surface area contributed by atoms with Gasteiger partial charge in [-0.05, 0) is 49.4 Å². The maximum absolute atomic E-state index is 12.4. The summed E-state index contributed by atoms with van der Waals surface area (Å²) in [6.45, 7) is 4.83. The first-order valence-corrected chi connectivity index (χ1v) is 8.98. The van der Waals surface area contributed by atoms with Crippen molar-refractivity contribution in [2.24, 2.45) is 5.92 Å². The van der Waals surface area contributed by atoms with Gasteiger partial charge < -0.3 is 15.1 Å². The molecule has 2 atom stereocenters. The Bertz CT molecular complexity index is 605. The monoisotopic (exact) mass is 349 g/mol. The quantitative estimate of drug-likeness (QED) is 0.907. The lowest BCUT2D eigenvalue weighted by molar-refractivity contribution is -0.136. The third kappa shape index (κ3) is 3.83. The van der Waals surface area contributed by atoms with E-state index in [9.17, 15) is 9.59 Å². The largest absolute Gasteiger partial charge is 0.371 e. The first kappa shape index (κ1) is 17.1. The zero-order valence-corrected chi connectivity index (χ0v) is 14.8. The van der Waals surface area contributed by atoms with Crippen molar-refractivity contribution in [2.45, 2.75) is 32.2 Å². The molecule has 1 N–H and O–H groups in total. The van der Waals surface area contributed by atoms with Crippen molar-refractivity contribution in [2.75, 3.05) is 31.1 Å². The molecule has 130 valence electrons. The SMILES string of the molecule is CC(=O)N1CCCC1C(=O)NCC1CCN(c2ccc(Cl)cc2)C1. The summed E-state index contributed by atoms with van der Waals surface area (Å²) in [5, 5.41) is 3.80. The normalized spacial score (nSPS) is 23.6. The molecule has 3 rings (SSSR count). The number of nitrogens with zero attached hydrogens (tertiary/aromatic N) is 2. The number of benzene rings is 1. The number of halogens is 1. The topological polar surface area (TPSA) is 52.7 Å². The Balaban J connectivity index is 1.48. The minimum Gasteiger partial charge on any atom is -0.371 e. The average Bonchev–Trinajstić information content (AvgIpc) is 3.22. The number of amides is 2. The van der Waals surface area contributed by atoms with Gasteiger partial charge in [-0.1, -0.05) is 11.6 Å². The van der Waals surface area contributed by atoms with Crippen LogP contribution < -0.4 is 10.2 Å². The number of nitrogens with one attached hydrogen (secondary N) is 1. The summed E-state index contributed by atoms with van der Waals surface area (Å²) in [5.74, 6) is 0.423. The molecule has 0 spiro atoms. The molecule has 2 amide bonds. The van der Waals surface area contributed by atoms with Gasteiger partial charge in [0, 0.05) is 43.8 Å². The van der Waals surface area contributed by atoms with Crippen molar-refractivity contribution in [3.8, 4) is 0 Å². The minimum atomic E-state index is -0.281. The second-order valence-corrected chi connectivity index (χ2v) is 7.13. The van der Waals surface area contributed by atoms with Crippen molar-refractivity contribution in [1.29, 1.82) is 0 Å². The Morgan fingerprint density at radius 1 is 1.21 bits per heavy atom. The predicted molar refractivity (Wildman–Crippen MR) is 95.2 cm³/mol. The molecular weight excluding hydrogens is 326 g/mol. The van der Waals surface area contributed by atoms with Gasteiger partial charge in [0.05, 0.1) is 0 Å². The second-order valence-electron chi connectivity index (χ2n) is 6.69. The summed E-state index contributed by atoms with van der Waals surface area (Å²) in [6, 6.07) is 7.60. The minimum absolute atomic E-state index is 0.00681. The zero-order chi connectivity index (χ0) is 17.1. The summed E-state index contributed by atoms with van der Waals surface area (Å²) >= 11 is 5.93. The van der Waals surface area contributed by atoms with Crippen LogP contribution in [0.5, 0.6) is 0 Å². The van der Waals surface area contributed by atoms with Gasteiger partial charge >= 0.3 is 0 Å². The van der Waals surface area contributed by atoms with E-state index in [-0.39, 0.29) is 17.9 Å². The van der Waals surface area contributed by atoms with Gasteiger partial charge in [0.2, 0.25) is 11.8 Å². The Morgan fingerprint density at radius 3 is 2.67 bits per heavy atom. The molecule has 2 saturated heterocycles. The Kier molecular flexibility index (Phi) is 5.29. The summed E-state index contributed by atoms with van der Waals surface area (Å²) in [4.78, 5) is 28.0. The number of carbonyl (C=O) groups is 2. The van der Waals surface area contributed by atoms with E-state index in [0.717, 1.165) is 37.4 Å². The van der Waals surface area contributed by atoms with Crippen LogP contribution in [0.2, 0.25) is 5.02 Å². The lowest BCUT2D eigenvalue weighted by Gasteiger charge is -2.23. The van der Waals surface area contributed by atoms with Gasteiger partial charge in [-0.3, -0.25) is 9.59 Å². The molecule has 2 fully saturated rings. The average molecular weight is 350 g/mol. The fraction of sp³-hybridized carbons (Fsp3) is 0.556. The molecule has 24 heavy (non-hydrogen) atoms. The standard InChI is InChI=1S/C18H24ClN3O2/c1-13(23)22-9-2-3-17(22)18(24)20-11-14-8-10-21(12-14)16-6-4-15(19)5-7-16/h4-7,14,17H,2-3,8-12H2,1H3,(H,20,24). The third-order valence-electron chi connectivity index (χ3n) is 5.00. The Hall–Kier alpha value is -1.75. The van der Waals surface area contributed by atoms with Gasteiger partial charge in [0.25, 0.3) is 0 Å². The van der Waals surface area contributed by atoms with Gasteiger partial charge in [0.1, 0.15) is 6.04 Å². The van der Waals surface area contributed by atoms with Crippen LogP contribution in [-0.2, 0) is 9.59 Å². The summed E-state index contributed by atoms with van der Waals surface area (Å²) < 4.78 is 0. The molecule has 2 aliphatic rings. The predicted octanol–water partition coefficient (Wildman–Crippen LogP) is 2.29. The van der Waals surface area contributed by atoms with Crippen molar-refractivity contribution >= 4 is 29.1 Å². The Morgan fingerprint density at radius 2 is 1.96 bits per heavy atom. The summed E-state index contributed by atoms with van der Waals surface area (Å²) in [5.41, 5.74) is 1.17. The molecule has 0 aliphatic carbocycles. The second kappa shape index (κ2) is 7.43. The molecule has 0 bridgehead atoms. The van der Waals surface area contributed by atoms with E-state index in [4.69, 9.17) is 11.6 Å². The molecule has 1 aromatic rings. The maximum atomic E-state index is 12.4. The van der Waals surface area contributed by atoms with Crippen LogP contribution in [0.25, 0.3) is 0 Å². The van der Waals surface area contributed by atoms with Gasteiger partial charge in [0.15, 0.2) is 0 Å². The van der Waals surface area contributed by atoms with Crippen LogP contribution in [0.4, 0.5) is 5.69 Å². The third-order valence-corrected chi connectivity index (χ3v) is 5.25. The van der Waals surface area contributed by atoms with Crippen LogP contribution in [-0.4, -0.2) is 48.9 Å². The van der Waals surface area contributed by atoms with Crippen LogP contribution in [0.1, 0.15) is 26.2 Å². The van der Waals surface area contributed by atoms with E-state index < -0.39 is 0 Å². The molecule has 5 nitrogen and oxygen atoms in total. The molecule has 1 aromatic carbocycles. The maximum Gasteiger partial charge on any atom is 0.242 e. The number of likely N-dealkylation sites (tertiary alicyclic amines) is 1. The fourth-order valence-electron chi connectivity index (χ4n) is 3.66. The molecule has 2 unspecified atom stereocenters. The van der Waals surface area contributed by atoms with Crippen LogP contribution in [0, 0.1) is 5.92 Å². The molecule has 0 saturated carbocycles. The molecule has 0 radical (unpaired) electrons. The highest BCUT2D eigenvalue weighted by molar-refractivity contribution is 6.30. The van der Waals surface area contributed by atoms with E-state index in [1.165, 1.54) is 12.6 Å². The van der Waals surface area contributed by atoms with E-state index >= 15 is 0 Å². The number of carbonyl (C=O) groups excluding carboxylic acids is 2. The Labute approximate surface area is 147 Å². The van der Waals surface area contributed by atoms with Crippen LogP contribution in [0.3, 0.4) is 0 Å². The van der Waals surface area contributed by atoms with Gasteiger partial charge in [-0.15, -0.1) is 0 Å². The van der Waals surface area contributed by atoms with Crippen molar-refractivity contribution in [1.82, 2.24) is 10.2 Å². The highest BCUT2D eigenvalue weighted by Gasteiger charge is 2.33. The number of anilines is 1. The van der Waals surface area contributed by atoms with Crippen LogP contribution >= 0.6 is 11.6 Å². The highest BCUT2D eigenvalue weighted by atomic mass is 35.5. The first-order chi connectivity index (χ1) is 11.5. The van der Waals surface area contributed by atoms with Crippen molar-refractivity contribution < 1.29 is 9.59 Å². The molecule has 6 heteroatoms. The molecule has 2 heterocycles. The van der Waals surface area contributed by atoms with Gasteiger partial charge in [-0.2, -0.15) is 0 Å². The summed E-state index contributed by atoms with van der Waals surface area (Å²) in [7, 11) is 0. The van der Waals surface area contributed by atoms with E-state index in [1.54, 1.807) is 4.90 Å². The lowest BCUT2D eigenvalue weighted by Crippen LogP contribution is -2.46. The number of hydrogen-bond donors (Lipinski definition) is 1. The van der Waals surface area contributed by atoms with E-state index in [1.807, 2.05) is 24.3 Å².